The van der Waals surface area contributed by atoms with Gasteiger partial charge in [-0.15, -0.1) is 12.4 Å². The summed E-state index contributed by atoms with van der Waals surface area (Å²) in [6.07, 6.45) is 3.65. The minimum atomic E-state index is -0.0315. The van der Waals surface area contributed by atoms with Gasteiger partial charge in [0.1, 0.15) is 0 Å². The molecule has 0 saturated carbocycles. The van der Waals surface area contributed by atoms with Gasteiger partial charge in [-0.05, 0) is 29.8 Å². The van der Waals surface area contributed by atoms with E-state index in [0.717, 1.165) is 19.6 Å². The van der Waals surface area contributed by atoms with Crippen LogP contribution in [0.5, 0.6) is 0 Å². The summed E-state index contributed by atoms with van der Waals surface area (Å²) < 4.78 is 0. The molecule has 0 unspecified atom stereocenters. The average molecular weight is 367 g/mol. The number of nitrogens with zero attached hydrogens (tertiary/aromatic N) is 3. The largest absolute Gasteiger partial charge is 0.399 e. The number of nitrogens with two attached hydrogens (primary N) is 1. The van der Waals surface area contributed by atoms with Crippen molar-refractivity contribution in [1.29, 1.82) is 0 Å². The molecule has 3 rings (SSSR count). The Labute approximate surface area is 152 Å². The van der Waals surface area contributed by atoms with E-state index in [4.69, 9.17) is 17.3 Å². The van der Waals surface area contributed by atoms with E-state index in [-0.39, 0.29) is 18.3 Å². The lowest BCUT2D eigenvalue weighted by atomic mass is 10.1. The van der Waals surface area contributed by atoms with Crippen LogP contribution < -0.4 is 5.73 Å². The van der Waals surface area contributed by atoms with Crippen LogP contribution in [-0.4, -0.2) is 46.9 Å². The third-order valence-corrected chi connectivity index (χ3v) is 4.32. The summed E-state index contributed by atoms with van der Waals surface area (Å²) in [7, 11) is 0. The number of piperazine rings is 1. The maximum absolute atomic E-state index is 12.6. The Morgan fingerprint density at radius 1 is 1.21 bits per heavy atom. The molecule has 2 heterocycles. The number of benzene rings is 1. The summed E-state index contributed by atoms with van der Waals surface area (Å²) in [5.41, 5.74) is 7.94. The van der Waals surface area contributed by atoms with Crippen molar-refractivity contribution in [3.8, 4) is 0 Å². The third kappa shape index (κ3) is 4.38. The first-order chi connectivity index (χ1) is 11.1. The van der Waals surface area contributed by atoms with E-state index in [0.29, 0.717) is 29.4 Å². The molecule has 1 saturated heterocycles. The highest BCUT2D eigenvalue weighted by atomic mass is 35.5. The fourth-order valence-corrected chi connectivity index (χ4v) is 3.00. The number of amides is 1. The topological polar surface area (TPSA) is 62.5 Å². The van der Waals surface area contributed by atoms with Crippen molar-refractivity contribution >= 4 is 35.6 Å². The summed E-state index contributed by atoms with van der Waals surface area (Å²) in [5, 5.41) is 0.410. The third-order valence-electron chi connectivity index (χ3n) is 4.01. The van der Waals surface area contributed by atoms with Gasteiger partial charge in [0.15, 0.2) is 0 Å². The molecule has 0 bridgehead atoms. The number of nitrogen functional groups attached to an aromatic ring is 1. The molecule has 1 fully saturated rings. The van der Waals surface area contributed by atoms with Crippen molar-refractivity contribution < 1.29 is 4.79 Å². The zero-order chi connectivity index (χ0) is 16.2. The van der Waals surface area contributed by atoms with Crippen LogP contribution in [0.4, 0.5) is 5.69 Å². The van der Waals surface area contributed by atoms with Gasteiger partial charge in [0.2, 0.25) is 0 Å². The van der Waals surface area contributed by atoms with E-state index in [1.165, 1.54) is 5.56 Å². The number of hydrogen-bond acceptors (Lipinski definition) is 4. The SMILES string of the molecule is Cl.Nc1ccc(C(=O)N2CCN(Cc3cccnc3)CC2)c(Cl)c1. The standard InChI is InChI=1S/C17H19ClN4O.ClH/c18-16-10-14(19)3-4-15(16)17(23)22-8-6-21(7-9-22)12-13-2-1-5-20-11-13;/h1-5,10-11H,6-9,12,19H2;1H. The Morgan fingerprint density at radius 2 is 1.96 bits per heavy atom. The van der Waals surface area contributed by atoms with Gasteiger partial charge < -0.3 is 10.6 Å². The minimum absolute atomic E-state index is 0. The molecular formula is C17H20Cl2N4O. The fourth-order valence-electron chi connectivity index (χ4n) is 2.73. The highest BCUT2D eigenvalue weighted by Gasteiger charge is 2.23. The lowest BCUT2D eigenvalue weighted by Crippen LogP contribution is -2.48. The molecule has 1 aliphatic heterocycles. The van der Waals surface area contributed by atoms with Crippen molar-refractivity contribution in [3.05, 3.63) is 58.9 Å². The van der Waals surface area contributed by atoms with Gasteiger partial charge in [-0.3, -0.25) is 14.7 Å². The first-order valence-corrected chi connectivity index (χ1v) is 7.97. The highest BCUT2D eigenvalue weighted by Crippen LogP contribution is 2.21. The Hall–Kier alpha value is -1.82. The predicted molar refractivity (Wildman–Crippen MR) is 98.5 cm³/mol. The van der Waals surface area contributed by atoms with Crippen LogP contribution in [0.1, 0.15) is 15.9 Å². The van der Waals surface area contributed by atoms with E-state index in [1.807, 2.05) is 17.2 Å². The van der Waals surface area contributed by atoms with Crippen LogP contribution in [0.15, 0.2) is 42.7 Å². The maximum atomic E-state index is 12.6. The number of halogens is 2. The maximum Gasteiger partial charge on any atom is 0.255 e. The molecule has 1 aromatic carbocycles. The summed E-state index contributed by atoms with van der Waals surface area (Å²) in [6, 6.07) is 9.03. The highest BCUT2D eigenvalue weighted by molar-refractivity contribution is 6.34. The van der Waals surface area contributed by atoms with Gasteiger partial charge >= 0.3 is 0 Å². The van der Waals surface area contributed by atoms with Crippen LogP contribution in [0.25, 0.3) is 0 Å². The first-order valence-electron chi connectivity index (χ1n) is 7.59. The lowest BCUT2D eigenvalue weighted by molar-refractivity contribution is 0.0628. The Balaban J connectivity index is 0.00000208. The average Bonchev–Trinajstić information content (AvgIpc) is 2.56. The molecular weight excluding hydrogens is 347 g/mol. The quantitative estimate of drug-likeness (QED) is 0.848. The van der Waals surface area contributed by atoms with Gasteiger partial charge in [0, 0.05) is 50.8 Å². The molecule has 7 heteroatoms. The molecule has 0 spiro atoms. The van der Waals surface area contributed by atoms with Crippen molar-refractivity contribution in [3.63, 3.8) is 0 Å². The number of anilines is 1. The monoisotopic (exact) mass is 366 g/mol. The molecule has 0 radical (unpaired) electrons. The summed E-state index contributed by atoms with van der Waals surface area (Å²) in [4.78, 5) is 20.9. The summed E-state index contributed by atoms with van der Waals surface area (Å²) in [6.45, 7) is 3.93. The minimum Gasteiger partial charge on any atom is -0.399 e. The van der Waals surface area contributed by atoms with Gasteiger partial charge in [0.25, 0.3) is 5.91 Å². The summed E-state index contributed by atoms with van der Waals surface area (Å²) in [5.74, 6) is -0.0315. The molecule has 1 amide bonds. The summed E-state index contributed by atoms with van der Waals surface area (Å²) >= 11 is 6.13. The number of carbonyl (C=O) groups excluding carboxylic acids is 1. The Morgan fingerprint density at radius 3 is 2.58 bits per heavy atom. The van der Waals surface area contributed by atoms with E-state index < -0.39 is 0 Å². The molecule has 1 aliphatic rings. The van der Waals surface area contributed by atoms with Gasteiger partial charge in [-0.1, -0.05) is 17.7 Å². The first kappa shape index (κ1) is 18.5. The van der Waals surface area contributed by atoms with Gasteiger partial charge in [-0.2, -0.15) is 0 Å². The van der Waals surface area contributed by atoms with Crippen LogP contribution >= 0.6 is 24.0 Å². The number of carbonyl (C=O) groups is 1. The smallest absolute Gasteiger partial charge is 0.255 e. The second kappa shape index (κ2) is 8.33. The van der Waals surface area contributed by atoms with Crippen molar-refractivity contribution in [1.82, 2.24) is 14.8 Å². The Bertz CT molecular complexity index is 688. The molecule has 0 aliphatic carbocycles. The molecule has 2 aromatic rings. The second-order valence-electron chi connectivity index (χ2n) is 5.67. The molecule has 2 N–H and O–H groups in total. The lowest BCUT2D eigenvalue weighted by Gasteiger charge is -2.34. The van der Waals surface area contributed by atoms with Crippen LogP contribution in [0, 0.1) is 0 Å². The zero-order valence-corrected chi connectivity index (χ0v) is 14.8. The van der Waals surface area contributed by atoms with Gasteiger partial charge in [0.05, 0.1) is 10.6 Å². The Kier molecular flexibility index (Phi) is 6.43. The zero-order valence-electron chi connectivity index (χ0n) is 13.2. The predicted octanol–water partition coefficient (Wildman–Crippen LogP) is 2.70. The number of rotatable bonds is 3. The molecule has 0 atom stereocenters. The normalized spacial score (nSPS) is 15.0. The second-order valence-corrected chi connectivity index (χ2v) is 6.08. The number of pyridine rings is 1. The van der Waals surface area contributed by atoms with Crippen molar-refractivity contribution in [2.45, 2.75) is 6.54 Å². The van der Waals surface area contributed by atoms with Crippen LogP contribution in [0.2, 0.25) is 5.02 Å². The van der Waals surface area contributed by atoms with Crippen molar-refractivity contribution in [2.75, 3.05) is 31.9 Å². The molecule has 5 nitrogen and oxygen atoms in total. The fraction of sp³-hybridized carbons (Fsp3) is 0.294. The van der Waals surface area contributed by atoms with Gasteiger partial charge in [-0.25, -0.2) is 0 Å². The number of hydrogen-bond donors (Lipinski definition) is 1. The van der Waals surface area contributed by atoms with Crippen LogP contribution in [-0.2, 0) is 6.54 Å². The van der Waals surface area contributed by atoms with E-state index in [9.17, 15) is 4.79 Å². The molecule has 24 heavy (non-hydrogen) atoms. The number of aromatic nitrogens is 1. The molecule has 128 valence electrons. The van der Waals surface area contributed by atoms with E-state index in [2.05, 4.69) is 16.0 Å². The van der Waals surface area contributed by atoms with E-state index >= 15 is 0 Å². The van der Waals surface area contributed by atoms with E-state index in [1.54, 1.807) is 24.4 Å². The van der Waals surface area contributed by atoms with Crippen molar-refractivity contribution in [2.24, 2.45) is 0 Å². The van der Waals surface area contributed by atoms with Crippen LogP contribution in [0.3, 0.4) is 0 Å². The molecule has 1 aromatic heterocycles.